The van der Waals surface area contributed by atoms with E-state index >= 15 is 0 Å². The number of unbranched alkanes of at least 4 members (excludes halogenated alkanes) is 1. The van der Waals surface area contributed by atoms with Gasteiger partial charge in [0.05, 0.1) is 27.7 Å². The minimum absolute atomic E-state index is 0.178. The number of allylic oxidation sites excluding steroid dienone is 1. The number of amides is 1. The van der Waals surface area contributed by atoms with E-state index in [9.17, 15) is 4.79 Å². The van der Waals surface area contributed by atoms with Crippen molar-refractivity contribution < 1.29 is 4.79 Å². The lowest BCUT2D eigenvalue weighted by Gasteiger charge is -2.38. The SMILES string of the molecule is CCC/C=C1\c2c(Cl)cccc2C=C([C@H](C)Nc2ncnc3[nH]cc(C(=O)NC)c23)N1c1ccccc1. The Morgan fingerprint density at radius 2 is 1.97 bits per heavy atom. The van der Waals surface area contributed by atoms with Gasteiger partial charge in [-0.05, 0) is 43.2 Å². The lowest BCUT2D eigenvalue weighted by Crippen LogP contribution is -2.34. The van der Waals surface area contributed by atoms with Crippen molar-refractivity contribution in [1.82, 2.24) is 20.3 Å². The van der Waals surface area contributed by atoms with Gasteiger partial charge in [0.2, 0.25) is 0 Å². The molecule has 1 aliphatic rings. The van der Waals surface area contributed by atoms with Gasteiger partial charge in [-0.1, -0.05) is 61.4 Å². The molecule has 0 saturated heterocycles. The fourth-order valence-electron chi connectivity index (χ4n) is 4.73. The summed E-state index contributed by atoms with van der Waals surface area (Å²) in [5.41, 5.74) is 6.30. The van der Waals surface area contributed by atoms with Crippen LogP contribution in [0.1, 0.15) is 48.2 Å². The molecule has 1 amide bonds. The summed E-state index contributed by atoms with van der Waals surface area (Å²) in [6.07, 6.45) is 9.53. The topological polar surface area (TPSA) is 85.9 Å². The highest BCUT2D eigenvalue weighted by Gasteiger charge is 2.30. The van der Waals surface area contributed by atoms with Gasteiger partial charge in [0, 0.05) is 30.2 Å². The number of fused-ring (bicyclic) bond motifs is 2. The van der Waals surface area contributed by atoms with E-state index in [0.717, 1.165) is 46.1 Å². The molecule has 2 aromatic heterocycles. The van der Waals surface area contributed by atoms with Gasteiger partial charge in [-0.3, -0.25) is 4.79 Å². The molecular weight excluding hydrogens is 484 g/mol. The van der Waals surface area contributed by atoms with Gasteiger partial charge in [0.25, 0.3) is 5.91 Å². The summed E-state index contributed by atoms with van der Waals surface area (Å²) in [5, 5.41) is 7.63. The molecule has 0 unspecified atom stereocenters. The maximum Gasteiger partial charge on any atom is 0.253 e. The van der Waals surface area contributed by atoms with E-state index in [1.54, 1.807) is 13.2 Å². The van der Waals surface area contributed by atoms with Crippen molar-refractivity contribution in [3.8, 4) is 0 Å². The molecular formula is C29H29ClN6O. The normalized spacial score (nSPS) is 14.9. The van der Waals surface area contributed by atoms with Crippen molar-refractivity contribution >= 4 is 51.8 Å². The minimum Gasteiger partial charge on any atom is -0.361 e. The van der Waals surface area contributed by atoms with Crippen LogP contribution >= 0.6 is 11.6 Å². The van der Waals surface area contributed by atoms with Crippen molar-refractivity contribution in [2.24, 2.45) is 0 Å². The van der Waals surface area contributed by atoms with Gasteiger partial charge >= 0.3 is 0 Å². The first kappa shape index (κ1) is 24.6. The van der Waals surface area contributed by atoms with Crippen molar-refractivity contribution in [1.29, 1.82) is 0 Å². The number of halogens is 1. The summed E-state index contributed by atoms with van der Waals surface area (Å²) in [6, 6.07) is 16.1. The van der Waals surface area contributed by atoms with E-state index in [2.05, 4.69) is 74.7 Å². The van der Waals surface area contributed by atoms with Crippen molar-refractivity contribution in [2.45, 2.75) is 32.7 Å². The number of aromatic nitrogens is 3. The lowest BCUT2D eigenvalue weighted by atomic mass is 9.94. The number of para-hydroxylation sites is 1. The Morgan fingerprint density at radius 3 is 2.73 bits per heavy atom. The van der Waals surface area contributed by atoms with E-state index < -0.39 is 0 Å². The van der Waals surface area contributed by atoms with Crippen LogP contribution in [0.2, 0.25) is 5.02 Å². The number of carbonyl (C=O) groups is 1. The first-order valence-electron chi connectivity index (χ1n) is 12.4. The third-order valence-electron chi connectivity index (χ3n) is 6.48. The molecule has 1 atom stereocenters. The van der Waals surface area contributed by atoms with Crippen LogP contribution in [0, 0.1) is 0 Å². The molecule has 0 radical (unpaired) electrons. The Hall–Kier alpha value is -4.10. The Balaban J connectivity index is 1.65. The van der Waals surface area contributed by atoms with Crippen LogP contribution in [0.3, 0.4) is 0 Å². The maximum absolute atomic E-state index is 12.5. The summed E-state index contributed by atoms with van der Waals surface area (Å²) >= 11 is 6.77. The van der Waals surface area contributed by atoms with Crippen LogP contribution in [0.4, 0.5) is 11.5 Å². The first-order valence-corrected chi connectivity index (χ1v) is 12.8. The van der Waals surface area contributed by atoms with Crippen LogP contribution in [0.5, 0.6) is 0 Å². The van der Waals surface area contributed by atoms with Gasteiger partial charge in [-0.15, -0.1) is 0 Å². The summed E-state index contributed by atoms with van der Waals surface area (Å²) in [7, 11) is 1.61. The second kappa shape index (κ2) is 10.5. The summed E-state index contributed by atoms with van der Waals surface area (Å²) in [4.78, 5) is 26.7. The molecule has 0 bridgehead atoms. The predicted molar refractivity (Wildman–Crippen MR) is 152 cm³/mol. The fraction of sp³-hybridized carbons (Fsp3) is 0.207. The zero-order chi connectivity index (χ0) is 25.9. The number of nitrogens with zero attached hydrogens (tertiary/aromatic N) is 3. The molecule has 4 aromatic rings. The van der Waals surface area contributed by atoms with E-state index in [0.29, 0.717) is 22.4 Å². The van der Waals surface area contributed by atoms with Gasteiger partial charge in [0.1, 0.15) is 17.8 Å². The Morgan fingerprint density at radius 1 is 1.16 bits per heavy atom. The average Bonchev–Trinajstić information content (AvgIpc) is 3.36. The highest BCUT2D eigenvalue weighted by Crippen LogP contribution is 2.42. The lowest BCUT2D eigenvalue weighted by molar-refractivity contribution is 0.0964. The van der Waals surface area contributed by atoms with Crippen LogP contribution in [-0.2, 0) is 0 Å². The van der Waals surface area contributed by atoms with Gasteiger partial charge in [-0.25, -0.2) is 9.97 Å². The quantitative estimate of drug-likeness (QED) is 0.264. The number of nitrogens with one attached hydrogen (secondary N) is 3. The number of aromatic amines is 1. The van der Waals surface area contributed by atoms with Gasteiger partial charge < -0.3 is 20.5 Å². The van der Waals surface area contributed by atoms with E-state index in [-0.39, 0.29) is 11.9 Å². The van der Waals surface area contributed by atoms with Crippen LogP contribution in [-0.4, -0.2) is 33.9 Å². The van der Waals surface area contributed by atoms with Crippen molar-refractivity contribution in [3.63, 3.8) is 0 Å². The summed E-state index contributed by atoms with van der Waals surface area (Å²) < 4.78 is 0. The van der Waals surface area contributed by atoms with E-state index in [1.165, 1.54) is 6.33 Å². The monoisotopic (exact) mass is 512 g/mol. The van der Waals surface area contributed by atoms with Gasteiger partial charge in [0.15, 0.2) is 0 Å². The second-order valence-electron chi connectivity index (χ2n) is 8.92. The molecule has 0 spiro atoms. The third-order valence-corrected chi connectivity index (χ3v) is 6.80. The standard InChI is InChI=1S/C29H29ClN6O/c1-4-5-14-23-25-19(10-9-13-22(25)30)15-24(36(23)20-11-7-6-8-12-20)18(2)35-28-26-21(29(37)31-3)16-32-27(26)33-17-34-28/h6-18H,4-5H2,1-3H3,(H,31,37)(H2,32,33,34,35)/b23-14+/t18-/m0/s1. The van der Waals surface area contributed by atoms with Gasteiger partial charge in [-0.2, -0.15) is 0 Å². The molecule has 1 aliphatic heterocycles. The highest BCUT2D eigenvalue weighted by atomic mass is 35.5. The molecule has 7 nitrogen and oxygen atoms in total. The molecule has 3 heterocycles. The summed E-state index contributed by atoms with van der Waals surface area (Å²) in [6.45, 7) is 4.26. The highest BCUT2D eigenvalue weighted by molar-refractivity contribution is 6.33. The molecule has 0 fully saturated rings. The zero-order valence-electron chi connectivity index (χ0n) is 21.0. The number of hydrogen-bond donors (Lipinski definition) is 3. The molecule has 5 rings (SSSR count). The molecule has 37 heavy (non-hydrogen) atoms. The van der Waals surface area contributed by atoms with Crippen molar-refractivity contribution in [3.05, 3.63) is 94.5 Å². The average molecular weight is 513 g/mol. The van der Waals surface area contributed by atoms with Crippen molar-refractivity contribution in [2.75, 3.05) is 17.3 Å². The molecule has 0 aliphatic carbocycles. The number of benzene rings is 2. The first-order chi connectivity index (χ1) is 18.0. The smallest absolute Gasteiger partial charge is 0.253 e. The van der Waals surface area contributed by atoms with Crippen LogP contribution in [0.15, 0.2) is 72.8 Å². The number of hydrogen-bond acceptors (Lipinski definition) is 5. The van der Waals surface area contributed by atoms with E-state index in [4.69, 9.17) is 11.6 Å². The number of anilines is 2. The zero-order valence-corrected chi connectivity index (χ0v) is 21.8. The molecule has 0 saturated carbocycles. The van der Waals surface area contributed by atoms with Crippen LogP contribution in [0.25, 0.3) is 22.8 Å². The third kappa shape index (κ3) is 4.58. The molecule has 3 N–H and O–H groups in total. The molecule has 8 heteroatoms. The second-order valence-corrected chi connectivity index (χ2v) is 9.32. The number of H-pyrrole nitrogens is 1. The maximum atomic E-state index is 12.5. The Bertz CT molecular complexity index is 1510. The Labute approximate surface area is 221 Å². The number of carbonyl (C=O) groups excluding carboxylic acids is 1. The number of rotatable bonds is 7. The largest absolute Gasteiger partial charge is 0.361 e. The molecule has 2 aromatic carbocycles. The summed E-state index contributed by atoms with van der Waals surface area (Å²) in [5.74, 6) is 0.384. The fourth-order valence-corrected chi connectivity index (χ4v) is 5.01. The minimum atomic E-state index is -0.201. The molecule has 188 valence electrons. The van der Waals surface area contributed by atoms with E-state index in [1.807, 2.05) is 30.3 Å². The Kier molecular flexibility index (Phi) is 6.97. The van der Waals surface area contributed by atoms with Crippen LogP contribution < -0.4 is 15.5 Å². The predicted octanol–water partition coefficient (Wildman–Crippen LogP) is 6.47.